The van der Waals surface area contributed by atoms with Crippen molar-refractivity contribution in [3.05, 3.63) is 18.2 Å². The van der Waals surface area contributed by atoms with Gasteiger partial charge in [-0.05, 0) is 25.0 Å². The van der Waals surface area contributed by atoms with Crippen LogP contribution < -0.4 is 14.2 Å². The van der Waals surface area contributed by atoms with Gasteiger partial charge >= 0.3 is 0 Å². The Labute approximate surface area is 147 Å². The summed E-state index contributed by atoms with van der Waals surface area (Å²) in [5.41, 5.74) is 0. The van der Waals surface area contributed by atoms with Gasteiger partial charge in [0.1, 0.15) is 25.4 Å². The number of nitrogens with zero attached hydrogens (tertiary/aromatic N) is 1. The maximum Gasteiger partial charge on any atom is 0.225 e. The molecule has 1 amide bonds. The highest BCUT2D eigenvalue weighted by Gasteiger charge is 2.35. The molecule has 0 aromatic heterocycles. The summed E-state index contributed by atoms with van der Waals surface area (Å²) >= 11 is 0. The van der Waals surface area contributed by atoms with E-state index in [0.717, 1.165) is 25.7 Å². The van der Waals surface area contributed by atoms with E-state index in [9.17, 15) is 9.90 Å². The fourth-order valence-corrected chi connectivity index (χ4v) is 3.98. The predicted octanol–water partition coefficient (Wildman–Crippen LogP) is 1.99. The van der Waals surface area contributed by atoms with Gasteiger partial charge in [-0.1, -0.05) is 18.9 Å². The zero-order valence-corrected chi connectivity index (χ0v) is 14.4. The number of fused-ring (bicyclic) bond motifs is 1. The molecule has 0 unspecified atom stereocenters. The summed E-state index contributed by atoms with van der Waals surface area (Å²) in [7, 11) is 0. The van der Waals surface area contributed by atoms with Crippen LogP contribution in [-0.2, 0) is 4.79 Å². The molecule has 2 heterocycles. The summed E-state index contributed by atoms with van der Waals surface area (Å²) in [6.45, 7) is 1.99. The molecule has 1 aromatic carbocycles. The number of ether oxygens (including phenoxy) is 3. The maximum atomic E-state index is 12.5. The second-order valence-electron chi connectivity index (χ2n) is 7.06. The smallest absolute Gasteiger partial charge is 0.225 e. The molecule has 136 valence electrons. The zero-order valence-electron chi connectivity index (χ0n) is 14.4. The van der Waals surface area contributed by atoms with E-state index in [1.807, 2.05) is 18.2 Å². The van der Waals surface area contributed by atoms with Crippen molar-refractivity contribution >= 4 is 5.91 Å². The minimum atomic E-state index is -0.695. The fourth-order valence-electron chi connectivity index (χ4n) is 3.98. The third kappa shape index (κ3) is 3.40. The van der Waals surface area contributed by atoms with Gasteiger partial charge < -0.3 is 24.2 Å². The van der Waals surface area contributed by atoms with E-state index in [4.69, 9.17) is 14.2 Å². The van der Waals surface area contributed by atoms with E-state index in [2.05, 4.69) is 0 Å². The normalized spacial score (nSPS) is 26.5. The number of likely N-dealkylation sites (tertiary alicyclic amines) is 1. The number of piperidine rings is 1. The summed E-state index contributed by atoms with van der Waals surface area (Å²) in [6.07, 6.45) is 3.82. The minimum absolute atomic E-state index is 0.149. The lowest BCUT2D eigenvalue weighted by molar-refractivity contribution is -0.141. The lowest BCUT2D eigenvalue weighted by Gasteiger charge is -2.37. The number of carbonyl (C=O) groups is 1. The molecular formula is C19H25NO5. The number of rotatable bonds is 3. The lowest BCUT2D eigenvalue weighted by atomic mass is 10.0. The monoisotopic (exact) mass is 347 g/mol. The highest BCUT2D eigenvalue weighted by Crippen LogP contribution is 2.40. The Morgan fingerprint density at radius 3 is 2.76 bits per heavy atom. The third-order valence-corrected chi connectivity index (χ3v) is 5.34. The van der Waals surface area contributed by atoms with Crippen molar-refractivity contribution in [2.75, 3.05) is 26.3 Å². The Bertz CT molecular complexity index is 628. The molecule has 1 aliphatic carbocycles. The Morgan fingerprint density at radius 2 is 1.96 bits per heavy atom. The Morgan fingerprint density at radius 1 is 1.16 bits per heavy atom. The number of hydrogen-bond donors (Lipinski definition) is 1. The number of aliphatic hydroxyl groups is 1. The van der Waals surface area contributed by atoms with Gasteiger partial charge in [-0.15, -0.1) is 0 Å². The molecule has 1 N–H and O–H groups in total. The molecule has 2 aliphatic heterocycles. The van der Waals surface area contributed by atoms with Crippen LogP contribution in [0.5, 0.6) is 17.2 Å². The molecule has 4 rings (SSSR count). The van der Waals surface area contributed by atoms with E-state index >= 15 is 0 Å². The van der Waals surface area contributed by atoms with Gasteiger partial charge in [0.25, 0.3) is 0 Å². The Balaban J connectivity index is 1.39. The van der Waals surface area contributed by atoms with Crippen molar-refractivity contribution in [1.82, 2.24) is 4.90 Å². The van der Waals surface area contributed by atoms with Gasteiger partial charge in [-0.3, -0.25) is 4.79 Å². The van der Waals surface area contributed by atoms with Crippen LogP contribution in [0.15, 0.2) is 18.2 Å². The number of carbonyl (C=O) groups excluding carboxylic acids is 1. The molecule has 2 atom stereocenters. The average molecular weight is 347 g/mol. The molecule has 2 fully saturated rings. The SMILES string of the molecule is O=C(C1CCCC1)N1CC[C@@H](Oc2cccc3c2OCCO3)[C@H](O)C1. The van der Waals surface area contributed by atoms with Crippen LogP contribution >= 0.6 is 0 Å². The van der Waals surface area contributed by atoms with E-state index in [1.54, 1.807) is 4.90 Å². The van der Waals surface area contributed by atoms with Gasteiger partial charge in [-0.25, -0.2) is 0 Å². The largest absolute Gasteiger partial charge is 0.486 e. The summed E-state index contributed by atoms with van der Waals surface area (Å²) in [5.74, 6) is 2.22. The van der Waals surface area contributed by atoms with Gasteiger partial charge in [0.2, 0.25) is 11.7 Å². The van der Waals surface area contributed by atoms with Crippen LogP contribution in [-0.4, -0.2) is 54.4 Å². The first kappa shape index (κ1) is 16.5. The molecule has 25 heavy (non-hydrogen) atoms. The highest BCUT2D eigenvalue weighted by molar-refractivity contribution is 5.79. The first-order chi connectivity index (χ1) is 12.2. The maximum absolute atomic E-state index is 12.5. The van der Waals surface area contributed by atoms with Crippen molar-refractivity contribution in [1.29, 1.82) is 0 Å². The summed E-state index contributed by atoms with van der Waals surface area (Å²) < 4.78 is 17.3. The number of benzene rings is 1. The van der Waals surface area contributed by atoms with Gasteiger partial charge in [-0.2, -0.15) is 0 Å². The molecule has 1 saturated heterocycles. The van der Waals surface area contributed by atoms with Crippen molar-refractivity contribution < 1.29 is 24.1 Å². The van der Waals surface area contributed by atoms with Crippen LogP contribution in [0.4, 0.5) is 0 Å². The molecule has 1 aromatic rings. The van der Waals surface area contributed by atoms with Crippen molar-refractivity contribution in [2.24, 2.45) is 5.92 Å². The van der Waals surface area contributed by atoms with Crippen molar-refractivity contribution in [3.63, 3.8) is 0 Å². The zero-order chi connectivity index (χ0) is 17.2. The molecule has 0 radical (unpaired) electrons. The number of hydrogen-bond acceptors (Lipinski definition) is 5. The van der Waals surface area contributed by atoms with Crippen LogP contribution in [0.3, 0.4) is 0 Å². The Hall–Kier alpha value is -1.95. The van der Waals surface area contributed by atoms with Crippen LogP contribution in [0.2, 0.25) is 0 Å². The Kier molecular flexibility index (Phi) is 4.70. The van der Waals surface area contributed by atoms with Gasteiger partial charge in [0.15, 0.2) is 11.5 Å². The molecular weight excluding hydrogens is 322 g/mol. The first-order valence-corrected chi connectivity index (χ1v) is 9.24. The number of para-hydroxylation sites is 1. The second-order valence-corrected chi connectivity index (χ2v) is 7.06. The van der Waals surface area contributed by atoms with Crippen molar-refractivity contribution in [2.45, 2.75) is 44.3 Å². The topological polar surface area (TPSA) is 68.2 Å². The summed E-state index contributed by atoms with van der Waals surface area (Å²) in [6, 6.07) is 5.53. The summed E-state index contributed by atoms with van der Waals surface area (Å²) in [4.78, 5) is 14.3. The van der Waals surface area contributed by atoms with Crippen LogP contribution in [0.25, 0.3) is 0 Å². The van der Waals surface area contributed by atoms with Crippen molar-refractivity contribution in [3.8, 4) is 17.2 Å². The summed E-state index contributed by atoms with van der Waals surface area (Å²) in [5, 5.41) is 10.5. The lowest BCUT2D eigenvalue weighted by Crippen LogP contribution is -2.52. The average Bonchev–Trinajstić information content (AvgIpc) is 3.18. The molecule has 6 nitrogen and oxygen atoms in total. The number of aliphatic hydroxyl groups excluding tert-OH is 1. The van der Waals surface area contributed by atoms with Gasteiger partial charge in [0, 0.05) is 18.9 Å². The van der Waals surface area contributed by atoms with E-state index in [1.165, 1.54) is 0 Å². The third-order valence-electron chi connectivity index (χ3n) is 5.34. The molecule has 3 aliphatic rings. The standard InChI is InChI=1S/C19H25NO5/c21-14-12-20(19(22)13-4-1-2-5-13)9-8-15(14)25-17-7-3-6-16-18(17)24-11-10-23-16/h3,6-7,13-15,21H,1-2,4-5,8-12H2/t14-,15-/m1/s1. The van der Waals surface area contributed by atoms with E-state index in [0.29, 0.717) is 50.0 Å². The molecule has 1 saturated carbocycles. The molecule has 0 bridgehead atoms. The minimum Gasteiger partial charge on any atom is -0.486 e. The highest BCUT2D eigenvalue weighted by atomic mass is 16.6. The van der Waals surface area contributed by atoms with Gasteiger partial charge in [0.05, 0.1) is 6.54 Å². The molecule has 6 heteroatoms. The quantitative estimate of drug-likeness (QED) is 0.906. The second kappa shape index (κ2) is 7.12. The van der Waals surface area contributed by atoms with Crippen LogP contribution in [0.1, 0.15) is 32.1 Å². The first-order valence-electron chi connectivity index (χ1n) is 9.24. The van der Waals surface area contributed by atoms with Crippen LogP contribution in [0, 0.1) is 5.92 Å². The molecule has 0 spiro atoms. The van der Waals surface area contributed by atoms with E-state index in [-0.39, 0.29) is 17.9 Å². The number of amides is 1. The predicted molar refractivity (Wildman–Crippen MR) is 91.0 cm³/mol. The van der Waals surface area contributed by atoms with E-state index < -0.39 is 6.10 Å². The number of β-amino-alcohol motifs (C(OH)–C–C–N with tert-alkyl or cyclic N) is 1. The fraction of sp³-hybridized carbons (Fsp3) is 0.632.